The third kappa shape index (κ3) is 2.91. The van der Waals surface area contributed by atoms with Crippen LogP contribution in [0.1, 0.15) is 0 Å². The first-order valence-corrected chi connectivity index (χ1v) is 13.9. The molecule has 2 nitrogen and oxygen atoms in total. The van der Waals surface area contributed by atoms with Gasteiger partial charge in [0.1, 0.15) is 0 Å². The fourth-order valence-electron chi connectivity index (χ4n) is 6.35. The maximum atomic E-state index is 4.21. The molecule has 3 heteroatoms. The van der Waals surface area contributed by atoms with Gasteiger partial charge >= 0.3 is 0 Å². The van der Waals surface area contributed by atoms with E-state index in [1.807, 2.05) is 23.5 Å². The molecule has 0 aliphatic rings. The van der Waals surface area contributed by atoms with Gasteiger partial charge in [-0.3, -0.25) is 0 Å². The van der Waals surface area contributed by atoms with Crippen molar-refractivity contribution in [2.24, 2.45) is 0 Å². The minimum atomic E-state index is 1.01. The van der Waals surface area contributed by atoms with Crippen molar-refractivity contribution in [1.29, 1.82) is 0 Å². The topological polar surface area (TPSA) is 9.86 Å². The quantitative estimate of drug-likeness (QED) is 0.206. The molecule has 0 saturated carbocycles. The Kier molecular flexibility index (Phi) is 4.73. The monoisotopic (exact) mass is 516 g/mol. The average molecular weight is 517 g/mol. The summed E-state index contributed by atoms with van der Waals surface area (Å²) in [6.07, 6.45) is 5.84. The number of hydrogen-bond acceptors (Lipinski definition) is 1. The number of benzene rings is 5. The van der Waals surface area contributed by atoms with Crippen LogP contribution in [0.3, 0.4) is 0 Å². The Bertz CT molecular complexity index is 2310. The van der Waals surface area contributed by atoms with Gasteiger partial charge in [0, 0.05) is 48.4 Å². The van der Waals surface area contributed by atoms with Crippen LogP contribution in [-0.2, 0) is 0 Å². The molecule has 0 unspecified atom stereocenters. The molecule has 39 heavy (non-hydrogen) atoms. The van der Waals surface area contributed by atoms with Gasteiger partial charge in [-0.2, -0.15) is 0 Å². The molecule has 8 rings (SSSR count). The molecule has 3 aromatic heterocycles. The number of para-hydroxylation sites is 3. The summed E-state index contributed by atoms with van der Waals surface area (Å²) in [5.41, 5.74) is 7.00. The Balaban J connectivity index is 1.81. The number of fused-ring (bicyclic) bond motifs is 12. The van der Waals surface area contributed by atoms with Gasteiger partial charge in [-0.1, -0.05) is 92.0 Å². The Hall–Kier alpha value is -4.86. The SMILES string of the molecule is C=C/C=C(\C=C)n1c2ccccc2c2c3c4ccccc4sc3c3c(c4ccccc4n3-c3ccccc3)c21. The smallest absolute Gasteiger partial charge is 0.0741 e. The second kappa shape index (κ2) is 8.32. The predicted molar refractivity (Wildman–Crippen MR) is 171 cm³/mol. The number of hydrogen-bond donors (Lipinski definition) is 0. The van der Waals surface area contributed by atoms with Crippen LogP contribution < -0.4 is 0 Å². The molecule has 5 aromatic carbocycles. The number of nitrogens with zero attached hydrogens (tertiary/aromatic N) is 2. The molecule has 8 aromatic rings. The third-order valence-electron chi connectivity index (χ3n) is 7.82. The van der Waals surface area contributed by atoms with Crippen molar-refractivity contribution < 1.29 is 0 Å². The lowest BCUT2D eigenvalue weighted by Crippen LogP contribution is -1.96. The summed E-state index contributed by atoms with van der Waals surface area (Å²) < 4.78 is 7.45. The van der Waals surface area contributed by atoms with Crippen LogP contribution in [-0.4, -0.2) is 9.13 Å². The molecule has 0 bridgehead atoms. The molecule has 0 fully saturated rings. The molecule has 0 aliphatic carbocycles. The molecule has 0 N–H and O–H groups in total. The fraction of sp³-hybridized carbons (Fsp3) is 0. The van der Waals surface area contributed by atoms with E-state index in [0.717, 1.165) is 11.4 Å². The van der Waals surface area contributed by atoms with Gasteiger partial charge in [0.05, 0.1) is 26.8 Å². The van der Waals surface area contributed by atoms with Crippen LogP contribution in [0, 0.1) is 0 Å². The summed E-state index contributed by atoms with van der Waals surface area (Å²) >= 11 is 1.89. The van der Waals surface area contributed by atoms with E-state index >= 15 is 0 Å². The average Bonchev–Trinajstić information content (AvgIpc) is 3.64. The van der Waals surface area contributed by atoms with E-state index in [-0.39, 0.29) is 0 Å². The molecular formula is C36H24N2S. The van der Waals surface area contributed by atoms with Crippen molar-refractivity contribution in [3.05, 3.63) is 135 Å². The van der Waals surface area contributed by atoms with Crippen molar-refractivity contribution in [2.75, 3.05) is 0 Å². The lowest BCUT2D eigenvalue weighted by atomic mass is 10.0. The van der Waals surface area contributed by atoms with Gasteiger partial charge in [-0.05, 0) is 42.5 Å². The lowest BCUT2D eigenvalue weighted by molar-refractivity contribution is 1.19. The summed E-state index contributed by atoms with van der Waals surface area (Å²) in [6, 6.07) is 37.1. The Morgan fingerprint density at radius 2 is 1.26 bits per heavy atom. The van der Waals surface area contributed by atoms with E-state index in [1.54, 1.807) is 0 Å². The van der Waals surface area contributed by atoms with Gasteiger partial charge in [0.15, 0.2) is 0 Å². The maximum Gasteiger partial charge on any atom is 0.0741 e. The first-order valence-electron chi connectivity index (χ1n) is 13.1. The second-order valence-electron chi connectivity index (χ2n) is 9.82. The molecular weight excluding hydrogens is 492 g/mol. The minimum Gasteiger partial charge on any atom is -0.309 e. The number of thiophene rings is 1. The lowest BCUT2D eigenvalue weighted by Gasteiger charge is -2.11. The Labute approximate surface area is 229 Å². The summed E-state index contributed by atoms with van der Waals surface area (Å²) in [6.45, 7) is 8.22. The van der Waals surface area contributed by atoms with Gasteiger partial charge in [-0.25, -0.2) is 0 Å². The van der Waals surface area contributed by atoms with Gasteiger partial charge < -0.3 is 9.13 Å². The summed E-state index contributed by atoms with van der Waals surface area (Å²) in [5, 5.41) is 7.65. The first-order chi connectivity index (χ1) is 19.3. The normalized spacial score (nSPS) is 12.5. The van der Waals surface area contributed by atoms with Gasteiger partial charge in [0.2, 0.25) is 0 Å². The van der Waals surface area contributed by atoms with Crippen LogP contribution in [0.25, 0.3) is 75.2 Å². The van der Waals surface area contributed by atoms with E-state index in [2.05, 4.69) is 131 Å². The maximum absolute atomic E-state index is 4.21. The number of aromatic nitrogens is 2. The van der Waals surface area contributed by atoms with Crippen LogP contribution in [0.2, 0.25) is 0 Å². The number of rotatable bonds is 4. The molecule has 0 saturated heterocycles. The Morgan fingerprint density at radius 3 is 2.00 bits per heavy atom. The standard InChI is InChI=1S/C36H24N2S/c1-3-14-23(4-2)37-28-20-11-8-17-25(28)31-32-27-19-10-13-22-30(27)39-36(32)35-33(34(31)37)26-18-9-12-21-29(26)38(35)24-15-6-5-7-16-24/h3-22H,1-2H2/b23-14+. The zero-order valence-electron chi connectivity index (χ0n) is 21.3. The highest BCUT2D eigenvalue weighted by molar-refractivity contribution is 7.27. The van der Waals surface area contributed by atoms with Crippen LogP contribution in [0.5, 0.6) is 0 Å². The third-order valence-corrected chi connectivity index (χ3v) is 8.99. The Morgan fingerprint density at radius 1 is 0.615 bits per heavy atom. The van der Waals surface area contributed by atoms with E-state index in [1.165, 1.54) is 63.8 Å². The minimum absolute atomic E-state index is 1.01. The van der Waals surface area contributed by atoms with Gasteiger partial charge in [-0.15, -0.1) is 11.3 Å². The van der Waals surface area contributed by atoms with Crippen LogP contribution in [0.4, 0.5) is 0 Å². The predicted octanol–water partition coefficient (Wildman–Crippen LogP) is 10.5. The van der Waals surface area contributed by atoms with Crippen molar-refractivity contribution in [1.82, 2.24) is 9.13 Å². The van der Waals surface area contributed by atoms with Crippen LogP contribution >= 0.6 is 11.3 Å². The van der Waals surface area contributed by atoms with E-state index in [0.29, 0.717) is 0 Å². The number of allylic oxidation sites excluding steroid dienone is 4. The largest absolute Gasteiger partial charge is 0.309 e. The second-order valence-corrected chi connectivity index (χ2v) is 10.9. The molecule has 0 radical (unpaired) electrons. The van der Waals surface area contributed by atoms with Crippen molar-refractivity contribution in [3.63, 3.8) is 0 Å². The molecule has 0 spiro atoms. The molecule has 0 amide bonds. The van der Waals surface area contributed by atoms with Crippen LogP contribution in [0.15, 0.2) is 135 Å². The summed E-state index contributed by atoms with van der Waals surface area (Å²) in [4.78, 5) is 0. The van der Waals surface area contributed by atoms with E-state index in [4.69, 9.17) is 0 Å². The summed E-state index contributed by atoms with van der Waals surface area (Å²) in [5.74, 6) is 0. The first kappa shape index (κ1) is 22.2. The molecule has 0 aliphatic heterocycles. The highest BCUT2D eigenvalue weighted by Crippen LogP contribution is 2.50. The van der Waals surface area contributed by atoms with Crippen molar-refractivity contribution in [3.8, 4) is 5.69 Å². The van der Waals surface area contributed by atoms with E-state index in [9.17, 15) is 0 Å². The van der Waals surface area contributed by atoms with Crippen molar-refractivity contribution >= 4 is 80.8 Å². The highest BCUT2D eigenvalue weighted by atomic mass is 32.1. The molecule has 3 heterocycles. The van der Waals surface area contributed by atoms with E-state index < -0.39 is 0 Å². The summed E-state index contributed by atoms with van der Waals surface area (Å²) in [7, 11) is 0. The fourth-order valence-corrected chi connectivity index (χ4v) is 7.60. The molecule has 0 atom stereocenters. The molecule has 184 valence electrons. The highest BCUT2D eigenvalue weighted by Gasteiger charge is 2.26. The zero-order chi connectivity index (χ0) is 26.1. The van der Waals surface area contributed by atoms with Crippen molar-refractivity contribution in [2.45, 2.75) is 0 Å². The van der Waals surface area contributed by atoms with Gasteiger partial charge in [0.25, 0.3) is 0 Å². The zero-order valence-corrected chi connectivity index (χ0v) is 22.1.